The Labute approximate surface area is 152 Å². The van der Waals surface area contributed by atoms with Gasteiger partial charge in [-0.1, -0.05) is 0 Å². The van der Waals surface area contributed by atoms with Crippen LogP contribution in [-0.4, -0.2) is 34.7 Å². The molecule has 0 saturated heterocycles. The fourth-order valence-corrected chi connectivity index (χ4v) is 4.50. The Morgan fingerprint density at radius 1 is 1.00 bits per heavy atom. The smallest absolute Gasteiger partial charge is 0.231 e. The summed E-state index contributed by atoms with van der Waals surface area (Å²) in [6.45, 7) is 1.11. The van der Waals surface area contributed by atoms with Gasteiger partial charge in [0.2, 0.25) is 12.5 Å². The van der Waals surface area contributed by atoms with Crippen molar-refractivity contribution in [1.82, 2.24) is 5.32 Å². The van der Waals surface area contributed by atoms with Crippen molar-refractivity contribution in [3.05, 3.63) is 28.8 Å². The Bertz CT molecular complexity index is 908. The quantitative estimate of drug-likeness (QED) is 0.914. The minimum absolute atomic E-state index is 0.202. The Morgan fingerprint density at radius 2 is 1.85 bits per heavy atom. The number of rotatable bonds is 3. The van der Waals surface area contributed by atoms with Gasteiger partial charge in [-0.3, -0.25) is 0 Å². The third kappa shape index (κ3) is 1.96. The van der Waals surface area contributed by atoms with E-state index in [1.807, 2.05) is 6.07 Å². The van der Waals surface area contributed by atoms with Crippen molar-refractivity contribution in [2.24, 2.45) is 0 Å². The fourth-order valence-electron chi connectivity index (χ4n) is 4.50. The van der Waals surface area contributed by atoms with Gasteiger partial charge in [0.05, 0.1) is 21.3 Å². The van der Waals surface area contributed by atoms with Gasteiger partial charge in [-0.05, 0) is 36.6 Å². The molecule has 0 amide bonds. The number of fused-ring (bicyclic) bond motifs is 4. The fraction of sp³-hybridized carbons (Fsp3) is 0.400. The summed E-state index contributed by atoms with van der Waals surface area (Å²) >= 11 is 0. The summed E-state index contributed by atoms with van der Waals surface area (Å²) in [7, 11) is 5.06. The molecule has 0 saturated carbocycles. The maximum atomic E-state index is 5.91. The van der Waals surface area contributed by atoms with Gasteiger partial charge in [-0.25, -0.2) is 0 Å². The van der Waals surface area contributed by atoms with Gasteiger partial charge in [0.15, 0.2) is 11.5 Å². The van der Waals surface area contributed by atoms with Crippen molar-refractivity contribution < 1.29 is 23.7 Å². The number of nitrogens with one attached hydrogen (secondary N) is 1. The second kappa shape index (κ2) is 5.71. The minimum Gasteiger partial charge on any atom is -0.497 e. The van der Waals surface area contributed by atoms with E-state index in [4.69, 9.17) is 23.7 Å². The molecule has 5 rings (SSSR count). The van der Waals surface area contributed by atoms with Crippen molar-refractivity contribution in [2.75, 3.05) is 34.7 Å². The molecule has 1 N–H and O–H groups in total. The van der Waals surface area contributed by atoms with E-state index in [1.54, 1.807) is 21.3 Å². The molecule has 0 bridgehead atoms. The minimum atomic E-state index is 0.202. The highest BCUT2D eigenvalue weighted by Crippen LogP contribution is 2.59. The first-order chi connectivity index (χ1) is 12.8. The Morgan fingerprint density at radius 3 is 2.62 bits per heavy atom. The summed E-state index contributed by atoms with van der Waals surface area (Å²) in [5.74, 6) is 3.83. The number of benzene rings is 2. The lowest BCUT2D eigenvalue weighted by atomic mass is 9.76. The lowest BCUT2D eigenvalue weighted by molar-refractivity contribution is 0.171. The van der Waals surface area contributed by atoms with Crippen LogP contribution in [0.3, 0.4) is 0 Å². The van der Waals surface area contributed by atoms with Gasteiger partial charge in [0.1, 0.15) is 11.5 Å². The predicted octanol–water partition coefficient (Wildman–Crippen LogP) is 2.85. The highest BCUT2D eigenvalue weighted by molar-refractivity contribution is 5.89. The molecule has 136 valence electrons. The molecule has 6 nitrogen and oxygen atoms in total. The molecular formula is C20H21NO5. The van der Waals surface area contributed by atoms with Gasteiger partial charge in [0.25, 0.3) is 0 Å². The lowest BCUT2D eigenvalue weighted by Gasteiger charge is -2.36. The summed E-state index contributed by atoms with van der Waals surface area (Å²) < 4.78 is 28.6. The topological polar surface area (TPSA) is 58.2 Å². The molecule has 1 atom stereocenters. The van der Waals surface area contributed by atoms with Crippen LogP contribution in [0.25, 0.3) is 11.1 Å². The Kier molecular flexibility index (Phi) is 3.43. The normalized spacial score (nSPS) is 18.8. The standard InChI is InChI=1S/C20H21NO5/c1-22-11-6-10-7-13-16-12(4-5-21-13)18(24-3)20-19(25-9-26-20)17(16)15(10)14(8-11)23-2/h6,8,13,21H,4-5,7,9H2,1-3H3/t13-/m0/s1. The number of methoxy groups -OCH3 is 3. The third-order valence-corrected chi connectivity index (χ3v) is 5.52. The molecule has 2 aromatic rings. The van der Waals surface area contributed by atoms with Gasteiger partial charge in [-0.2, -0.15) is 0 Å². The van der Waals surface area contributed by atoms with E-state index < -0.39 is 0 Å². The molecule has 0 radical (unpaired) electrons. The zero-order valence-corrected chi connectivity index (χ0v) is 15.1. The molecule has 2 heterocycles. The van der Waals surface area contributed by atoms with Crippen LogP contribution in [0.15, 0.2) is 12.1 Å². The first kappa shape index (κ1) is 15.6. The monoisotopic (exact) mass is 355 g/mol. The molecule has 0 spiro atoms. The molecule has 3 aliphatic rings. The van der Waals surface area contributed by atoms with Crippen LogP contribution in [-0.2, 0) is 12.8 Å². The van der Waals surface area contributed by atoms with Crippen LogP contribution in [0.1, 0.15) is 22.7 Å². The van der Waals surface area contributed by atoms with Crippen molar-refractivity contribution in [3.8, 4) is 39.9 Å². The average Bonchev–Trinajstić information content (AvgIpc) is 3.16. The van der Waals surface area contributed by atoms with Crippen molar-refractivity contribution >= 4 is 0 Å². The Balaban J connectivity index is 1.89. The molecule has 0 fully saturated rings. The maximum Gasteiger partial charge on any atom is 0.231 e. The van der Waals surface area contributed by atoms with E-state index in [0.717, 1.165) is 53.5 Å². The van der Waals surface area contributed by atoms with E-state index in [9.17, 15) is 0 Å². The van der Waals surface area contributed by atoms with E-state index in [1.165, 1.54) is 16.7 Å². The number of hydrogen-bond donors (Lipinski definition) is 1. The SMILES string of the molecule is COc1cc2c(c(OC)c1)-c1c3c(c(OC)c4c1[C@H](C2)NCC4)OCO3. The summed E-state index contributed by atoms with van der Waals surface area (Å²) in [6.07, 6.45) is 1.76. The van der Waals surface area contributed by atoms with Gasteiger partial charge < -0.3 is 29.0 Å². The van der Waals surface area contributed by atoms with E-state index in [0.29, 0.717) is 5.75 Å². The summed E-state index contributed by atoms with van der Waals surface area (Å²) in [5, 5.41) is 3.64. The van der Waals surface area contributed by atoms with Crippen molar-refractivity contribution in [1.29, 1.82) is 0 Å². The molecule has 6 heteroatoms. The second-order valence-corrected chi connectivity index (χ2v) is 6.69. The summed E-state index contributed by atoms with van der Waals surface area (Å²) in [6, 6.07) is 4.22. The molecular weight excluding hydrogens is 334 g/mol. The molecule has 0 aromatic heterocycles. The van der Waals surface area contributed by atoms with Crippen LogP contribution in [0.4, 0.5) is 0 Å². The number of ether oxygens (including phenoxy) is 5. The van der Waals surface area contributed by atoms with Crippen LogP contribution < -0.4 is 29.0 Å². The zero-order chi connectivity index (χ0) is 17.8. The molecule has 1 aliphatic carbocycles. The molecule has 0 unspecified atom stereocenters. The highest BCUT2D eigenvalue weighted by Gasteiger charge is 2.40. The van der Waals surface area contributed by atoms with Gasteiger partial charge in [0, 0.05) is 28.8 Å². The van der Waals surface area contributed by atoms with E-state index >= 15 is 0 Å². The van der Waals surface area contributed by atoms with E-state index in [2.05, 4.69) is 11.4 Å². The molecule has 26 heavy (non-hydrogen) atoms. The average molecular weight is 355 g/mol. The van der Waals surface area contributed by atoms with Gasteiger partial charge in [-0.15, -0.1) is 0 Å². The predicted molar refractivity (Wildman–Crippen MR) is 95.8 cm³/mol. The summed E-state index contributed by atoms with van der Waals surface area (Å²) in [5.41, 5.74) is 5.76. The van der Waals surface area contributed by atoms with Crippen molar-refractivity contribution in [3.63, 3.8) is 0 Å². The van der Waals surface area contributed by atoms with Crippen LogP contribution in [0, 0.1) is 0 Å². The third-order valence-electron chi connectivity index (χ3n) is 5.52. The van der Waals surface area contributed by atoms with Crippen LogP contribution in [0.5, 0.6) is 28.7 Å². The largest absolute Gasteiger partial charge is 0.497 e. The van der Waals surface area contributed by atoms with Crippen LogP contribution in [0.2, 0.25) is 0 Å². The highest BCUT2D eigenvalue weighted by atomic mass is 16.7. The van der Waals surface area contributed by atoms with Gasteiger partial charge >= 0.3 is 0 Å². The first-order valence-corrected chi connectivity index (χ1v) is 8.77. The maximum absolute atomic E-state index is 5.91. The number of hydrogen-bond acceptors (Lipinski definition) is 6. The molecule has 2 aromatic carbocycles. The Hall–Kier alpha value is -2.60. The van der Waals surface area contributed by atoms with E-state index in [-0.39, 0.29) is 12.8 Å². The van der Waals surface area contributed by atoms with Crippen LogP contribution >= 0.6 is 0 Å². The lowest BCUT2D eigenvalue weighted by Crippen LogP contribution is -2.34. The zero-order valence-electron chi connectivity index (χ0n) is 15.1. The molecule has 2 aliphatic heterocycles. The summed E-state index contributed by atoms with van der Waals surface area (Å²) in [4.78, 5) is 0. The van der Waals surface area contributed by atoms with Crippen molar-refractivity contribution in [2.45, 2.75) is 18.9 Å². The second-order valence-electron chi connectivity index (χ2n) is 6.69. The first-order valence-electron chi connectivity index (χ1n) is 8.77.